The van der Waals surface area contributed by atoms with Crippen molar-refractivity contribution < 1.29 is 0 Å². The molecule has 0 aromatic heterocycles. The van der Waals surface area contributed by atoms with Crippen molar-refractivity contribution in [2.45, 2.75) is 154 Å². The molecule has 0 heterocycles. The van der Waals surface area contributed by atoms with E-state index in [1.54, 1.807) is 83.5 Å². The molecule has 0 spiro atoms. The molecule has 1 N–H and O–H groups in total. The highest BCUT2D eigenvalue weighted by molar-refractivity contribution is 9.11. The van der Waals surface area contributed by atoms with Crippen LogP contribution < -0.4 is 15.1 Å². The first-order valence-corrected chi connectivity index (χ1v) is 37.4. The van der Waals surface area contributed by atoms with Crippen LogP contribution in [0.15, 0.2) is 239 Å². The molecule has 0 atom stereocenters. The molecule has 0 saturated carbocycles. The number of nitrogens with zero attached hydrogens (tertiary/aromatic N) is 2. The van der Waals surface area contributed by atoms with Crippen molar-refractivity contribution in [2.24, 2.45) is 0 Å². The third-order valence-electron chi connectivity index (χ3n) is 21.2. The summed E-state index contributed by atoms with van der Waals surface area (Å²) in [4.78, 5) is 5.30. The van der Waals surface area contributed by atoms with Gasteiger partial charge >= 0.3 is 0 Å². The Kier molecular flexibility index (Phi) is 19.5. The van der Waals surface area contributed by atoms with Crippen LogP contribution in [0.25, 0.3) is 33.4 Å². The van der Waals surface area contributed by atoms with Crippen molar-refractivity contribution in [3.8, 4) is 33.4 Å². The lowest BCUT2D eigenvalue weighted by atomic mass is 9.75. The zero-order valence-electron chi connectivity index (χ0n) is 55.1. The Morgan fingerprint density at radius 1 is 0.221 bits per heavy atom. The molecule has 11 aromatic rings. The molecule has 0 saturated heterocycles. The molecule has 6 aliphatic carbocycles. The van der Waals surface area contributed by atoms with E-state index in [2.05, 4.69) is 253 Å². The van der Waals surface area contributed by atoms with Gasteiger partial charge in [-0.3, -0.25) is 0 Å². The molecule has 0 aliphatic heterocycles. The van der Waals surface area contributed by atoms with E-state index in [0.29, 0.717) is 0 Å². The van der Waals surface area contributed by atoms with Crippen LogP contribution in [-0.2, 0) is 77.0 Å². The molecule has 476 valence electrons. The first-order valence-electron chi connectivity index (χ1n) is 35.8. The lowest BCUT2D eigenvalue weighted by molar-refractivity contribution is 0.661. The van der Waals surface area contributed by atoms with Crippen LogP contribution in [0, 0.1) is 0 Å². The fourth-order valence-corrected chi connectivity index (χ4v) is 17.7. The molecule has 6 aliphatic rings. The van der Waals surface area contributed by atoms with Crippen molar-refractivity contribution in [2.75, 3.05) is 15.1 Å². The molecule has 95 heavy (non-hydrogen) atoms. The SMILES string of the molecule is Brc1ccc(Br)cc1.c1ccc(-c2c3c(c(N(c4ccccc4)c4ccc(N(c5ccccc5)c5c6c(c(-c7ccccc7)c7c5CCCC7)CCCC6)cc4)c4c2CCCC4)CCCC3)cc1.c1ccc(Nc2c3c(c(-c4ccccc4)c4c2CCCC4)CCCC3)cc1. The highest BCUT2D eigenvalue weighted by Crippen LogP contribution is 2.53. The van der Waals surface area contributed by atoms with Gasteiger partial charge < -0.3 is 15.1 Å². The van der Waals surface area contributed by atoms with Crippen molar-refractivity contribution in [1.82, 2.24) is 0 Å². The Hall–Kier alpha value is -8.22. The van der Waals surface area contributed by atoms with Crippen LogP contribution in [0.4, 0.5) is 45.5 Å². The van der Waals surface area contributed by atoms with Gasteiger partial charge in [-0.25, -0.2) is 0 Å². The summed E-state index contributed by atoms with van der Waals surface area (Å²) in [6, 6.07) is 84.7. The minimum Gasteiger partial charge on any atom is -0.355 e. The number of fused-ring (bicyclic) bond motifs is 6. The summed E-state index contributed by atoms with van der Waals surface area (Å²) in [5.41, 5.74) is 38.6. The van der Waals surface area contributed by atoms with E-state index < -0.39 is 0 Å². The van der Waals surface area contributed by atoms with E-state index in [1.807, 2.05) is 24.3 Å². The third-order valence-corrected chi connectivity index (χ3v) is 22.3. The van der Waals surface area contributed by atoms with Gasteiger partial charge in [-0.15, -0.1) is 0 Å². The third kappa shape index (κ3) is 13.2. The summed E-state index contributed by atoms with van der Waals surface area (Å²) in [6.07, 6.45) is 29.3. The zero-order chi connectivity index (χ0) is 63.9. The summed E-state index contributed by atoms with van der Waals surface area (Å²) in [6.45, 7) is 0. The predicted octanol–water partition coefficient (Wildman–Crippen LogP) is 25.5. The van der Waals surface area contributed by atoms with Gasteiger partial charge in [-0.05, 0) is 339 Å². The van der Waals surface area contributed by atoms with E-state index in [4.69, 9.17) is 0 Å². The molecule has 0 bridgehead atoms. The van der Waals surface area contributed by atoms with E-state index in [9.17, 15) is 0 Å². The molecular weight excluding hydrogens is 1280 g/mol. The van der Waals surface area contributed by atoms with Gasteiger partial charge in [0.1, 0.15) is 0 Å². The molecule has 0 fully saturated rings. The topological polar surface area (TPSA) is 18.5 Å². The molecule has 5 heteroatoms. The minimum absolute atomic E-state index is 1.11. The number of benzene rings is 11. The second-order valence-corrected chi connectivity index (χ2v) is 28.9. The fourth-order valence-electron chi connectivity index (χ4n) is 17.1. The highest BCUT2D eigenvalue weighted by atomic mass is 79.9. The monoisotopic (exact) mass is 1370 g/mol. The number of hydrogen-bond acceptors (Lipinski definition) is 3. The van der Waals surface area contributed by atoms with Crippen LogP contribution >= 0.6 is 31.9 Å². The van der Waals surface area contributed by atoms with Gasteiger partial charge in [0.25, 0.3) is 0 Å². The fraction of sp³-hybridized carbons (Fsp3) is 0.267. The Morgan fingerprint density at radius 3 is 0.726 bits per heavy atom. The lowest BCUT2D eigenvalue weighted by Gasteiger charge is -2.38. The average Bonchev–Trinajstić information content (AvgIpc) is 0.754. The number of halogens is 2. The molecule has 11 aromatic carbocycles. The highest BCUT2D eigenvalue weighted by Gasteiger charge is 2.34. The van der Waals surface area contributed by atoms with Crippen molar-refractivity contribution >= 4 is 77.4 Å². The van der Waals surface area contributed by atoms with Gasteiger partial charge in [-0.1, -0.05) is 177 Å². The first-order chi connectivity index (χ1) is 47.0. The predicted molar refractivity (Wildman–Crippen MR) is 410 cm³/mol. The van der Waals surface area contributed by atoms with E-state index in [1.165, 1.54) is 165 Å². The van der Waals surface area contributed by atoms with E-state index in [-0.39, 0.29) is 0 Å². The van der Waals surface area contributed by atoms with Crippen molar-refractivity contribution in [1.29, 1.82) is 0 Å². The van der Waals surface area contributed by atoms with Gasteiger partial charge in [0.05, 0.1) is 11.4 Å². The largest absolute Gasteiger partial charge is 0.355 e. The standard InChI is InChI=1S/C58H56N2.C26H27N.C6H4Br2/c1-5-21-41(22-6-1)55-47-29-13-17-33-51(47)57(52-34-18-14-30-48(52)55)59(43-25-9-3-10-26-43)45-37-39-46(40-38-45)60(44-27-11-4-12-28-44)58-53-35-19-15-31-49(53)56(42-23-7-2-8-24-42)50-32-16-20-36-54(50)58;1-3-11-19(12-4-1)25-21-15-7-9-17-23(21)26(24-18-10-8-16-22(24)25)27-20-13-5-2-6-14-20;7-5-1-2-6(8)4-3-5/h1-12,21-28,37-40H,13-20,29-36H2;1-6,11-14,27H,7-10,15-18H2;1-4H. The molecule has 0 radical (unpaired) electrons. The molecule has 3 nitrogen and oxygen atoms in total. The summed E-state index contributed by atoms with van der Waals surface area (Å²) in [5.74, 6) is 0. The number of rotatable bonds is 11. The van der Waals surface area contributed by atoms with Crippen LogP contribution in [0.5, 0.6) is 0 Å². The van der Waals surface area contributed by atoms with E-state index >= 15 is 0 Å². The number of hydrogen-bond donors (Lipinski definition) is 1. The maximum Gasteiger partial charge on any atom is 0.0531 e. The summed E-state index contributed by atoms with van der Waals surface area (Å²) in [5, 5.41) is 3.84. The quantitative estimate of drug-likeness (QED) is 0.139. The summed E-state index contributed by atoms with van der Waals surface area (Å²) >= 11 is 6.65. The molecular formula is C90H87Br2N3. The maximum atomic E-state index is 3.84. The van der Waals surface area contributed by atoms with E-state index in [0.717, 1.165) is 60.3 Å². The van der Waals surface area contributed by atoms with Crippen molar-refractivity contribution in [3.63, 3.8) is 0 Å². The summed E-state index contributed by atoms with van der Waals surface area (Å²) in [7, 11) is 0. The van der Waals surface area contributed by atoms with Crippen LogP contribution in [0.2, 0.25) is 0 Å². The Bertz CT molecular complexity index is 4120. The minimum atomic E-state index is 1.11. The van der Waals surface area contributed by atoms with Gasteiger partial charge in [0, 0.05) is 43.1 Å². The smallest absolute Gasteiger partial charge is 0.0531 e. The Morgan fingerprint density at radius 2 is 0.442 bits per heavy atom. The number of anilines is 8. The zero-order valence-corrected chi connectivity index (χ0v) is 58.2. The summed E-state index contributed by atoms with van der Waals surface area (Å²) < 4.78 is 2.22. The Labute approximate surface area is 582 Å². The first kappa shape index (κ1) is 62.9. The second-order valence-electron chi connectivity index (χ2n) is 27.1. The second kappa shape index (κ2) is 29.4. The maximum absolute atomic E-state index is 3.84. The molecule has 0 unspecified atom stereocenters. The van der Waals surface area contributed by atoms with Crippen LogP contribution in [0.3, 0.4) is 0 Å². The molecule has 0 amide bonds. The average molecular weight is 1370 g/mol. The van der Waals surface area contributed by atoms with Gasteiger partial charge in [0.2, 0.25) is 0 Å². The molecule has 17 rings (SSSR count). The number of nitrogens with one attached hydrogen (secondary N) is 1. The van der Waals surface area contributed by atoms with Crippen molar-refractivity contribution in [3.05, 3.63) is 306 Å². The van der Waals surface area contributed by atoms with Gasteiger partial charge in [-0.2, -0.15) is 0 Å². The van der Waals surface area contributed by atoms with Crippen LogP contribution in [-0.4, -0.2) is 0 Å². The van der Waals surface area contributed by atoms with Gasteiger partial charge in [0.15, 0.2) is 0 Å². The normalized spacial score (nSPS) is 15.1. The van der Waals surface area contributed by atoms with Crippen LogP contribution in [0.1, 0.15) is 144 Å². The number of para-hydroxylation sites is 3. The lowest BCUT2D eigenvalue weighted by Crippen LogP contribution is -2.22. The Balaban J connectivity index is 0.000000174.